The zero-order valence-corrected chi connectivity index (χ0v) is 12.0. The van der Waals surface area contributed by atoms with Gasteiger partial charge in [-0.15, -0.1) is 11.3 Å². The monoisotopic (exact) mass is 274 g/mol. The lowest BCUT2D eigenvalue weighted by Gasteiger charge is -2.13. The zero-order valence-electron chi connectivity index (χ0n) is 10.4. The molecule has 0 unspecified atom stereocenters. The number of sulfonamides is 1. The first-order valence-corrected chi connectivity index (χ1v) is 7.97. The number of hydrogen-bond donors (Lipinski definition) is 1. The standard InChI is InChI=1S/C11H18N2O2S2/c1-8-7-16-10(6-12-9-4-5-9)11(8)17(14,15)13(2)3/h7,9,12H,4-6H2,1-3H3. The van der Waals surface area contributed by atoms with E-state index in [4.69, 9.17) is 0 Å². The summed E-state index contributed by atoms with van der Waals surface area (Å²) in [5.41, 5.74) is 0.844. The second kappa shape index (κ2) is 4.68. The van der Waals surface area contributed by atoms with Gasteiger partial charge in [0.2, 0.25) is 10.0 Å². The number of hydrogen-bond acceptors (Lipinski definition) is 4. The number of nitrogens with zero attached hydrogens (tertiary/aromatic N) is 1. The van der Waals surface area contributed by atoms with Gasteiger partial charge >= 0.3 is 0 Å². The highest BCUT2D eigenvalue weighted by atomic mass is 32.2. The third kappa shape index (κ3) is 2.70. The summed E-state index contributed by atoms with van der Waals surface area (Å²) in [5, 5.41) is 5.28. The van der Waals surface area contributed by atoms with Crippen LogP contribution in [-0.2, 0) is 16.6 Å². The van der Waals surface area contributed by atoms with Crippen LogP contribution in [0, 0.1) is 6.92 Å². The summed E-state index contributed by atoms with van der Waals surface area (Å²) in [4.78, 5) is 1.41. The van der Waals surface area contributed by atoms with Crippen LogP contribution in [0.1, 0.15) is 23.3 Å². The van der Waals surface area contributed by atoms with Gasteiger partial charge in [0, 0.05) is 31.6 Å². The molecule has 1 aliphatic carbocycles. The predicted molar refractivity (Wildman–Crippen MR) is 69.8 cm³/mol. The Morgan fingerprint density at radius 2 is 2.12 bits per heavy atom. The quantitative estimate of drug-likeness (QED) is 0.886. The molecule has 0 aliphatic heterocycles. The fraction of sp³-hybridized carbons (Fsp3) is 0.636. The molecule has 6 heteroatoms. The number of thiophene rings is 1. The molecule has 17 heavy (non-hydrogen) atoms. The van der Waals surface area contributed by atoms with Gasteiger partial charge in [-0.3, -0.25) is 0 Å². The highest BCUT2D eigenvalue weighted by Gasteiger charge is 2.27. The van der Waals surface area contributed by atoms with Crippen LogP contribution >= 0.6 is 11.3 Å². The van der Waals surface area contributed by atoms with E-state index in [0.717, 1.165) is 10.4 Å². The van der Waals surface area contributed by atoms with Crippen LogP contribution in [0.3, 0.4) is 0 Å². The first-order valence-electron chi connectivity index (χ1n) is 5.66. The van der Waals surface area contributed by atoms with Crippen molar-refractivity contribution >= 4 is 21.4 Å². The average Bonchev–Trinajstić information content (AvgIpc) is 2.99. The van der Waals surface area contributed by atoms with Gasteiger partial charge in [-0.1, -0.05) is 0 Å². The van der Waals surface area contributed by atoms with Gasteiger partial charge in [0.05, 0.1) is 0 Å². The fourth-order valence-corrected chi connectivity index (χ4v) is 4.26. The van der Waals surface area contributed by atoms with Crippen molar-refractivity contribution in [3.63, 3.8) is 0 Å². The molecular weight excluding hydrogens is 256 g/mol. The van der Waals surface area contributed by atoms with Crippen molar-refractivity contribution in [2.24, 2.45) is 0 Å². The van der Waals surface area contributed by atoms with Crippen LogP contribution in [0.25, 0.3) is 0 Å². The van der Waals surface area contributed by atoms with Crippen molar-refractivity contribution < 1.29 is 8.42 Å². The van der Waals surface area contributed by atoms with Crippen molar-refractivity contribution in [2.75, 3.05) is 14.1 Å². The highest BCUT2D eigenvalue weighted by Crippen LogP contribution is 2.29. The molecular formula is C11H18N2O2S2. The lowest BCUT2D eigenvalue weighted by atomic mass is 10.3. The summed E-state index contributed by atoms with van der Waals surface area (Å²) in [6.45, 7) is 2.51. The van der Waals surface area contributed by atoms with Gasteiger partial charge < -0.3 is 5.32 Å². The summed E-state index contributed by atoms with van der Waals surface area (Å²) in [5.74, 6) is 0. The summed E-state index contributed by atoms with van der Waals surface area (Å²) >= 11 is 1.52. The molecule has 0 amide bonds. The molecule has 1 fully saturated rings. The molecule has 4 nitrogen and oxygen atoms in total. The fourth-order valence-electron chi connectivity index (χ4n) is 1.66. The topological polar surface area (TPSA) is 49.4 Å². The summed E-state index contributed by atoms with van der Waals surface area (Å²) in [6.07, 6.45) is 2.42. The molecule has 0 bridgehead atoms. The second-order valence-electron chi connectivity index (χ2n) is 4.61. The molecule has 0 spiro atoms. The Bertz CT molecular complexity index is 502. The Kier molecular flexibility index (Phi) is 3.58. The van der Waals surface area contributed by atoms with Crippen LogP contribution in [0.4, 0.5) is 0 Å². The highest BCUT2D eigenvalue weighted by molar-refractivity contribution is 7.89. The minimum Gasteiger partial charge on any atom is -0.309 e. The third-order valence-corrected chi connectivity index (χ3v) is 6.14. The molecule has 0 atom stereocenters. The van der Waals surface area contributed by atoms with E-state index in [2.05, 4.69) is 5.32 Å². The van der Waals surface area contributed by atoms with Gasteiger partial charge in [0.1, 0.15) is 4.90 Å². The molecule has 1 saturated carbocycles. The van der Waals surface area contributed by atoms with E-state index >= 15 is 0 Å². The average molecular weight is 274 g/mol. The Morgan fingerprint density at radius 3 is 2.65 bits per heavy atom. The maximum absolute atomic E-state index is 12.2. The largest absolute Gasteiger partial charge is 0.309 e. The minimum atomic E-state index is -3.32. The van der Waals surface area contributed by atoms with Crippen molar-refractivity contribution in [1.82, 2.24) is 9.62 Å². The van der Waals surface area contributed by atoms with Crippen molar-refractivity contribution in [3.8, 4) is 0 Å². The van der Waals surface area contributed by atoms with E-state index in [-0.39, 0.29) is 0 Å². The predicted octanol–water partition coefficient (Wildman–Crippen LogP) is 1.56. The normalized spacial score (nSPS) is 16.7. The second-order valence-corrected chi connectivity index (χ2v) is 7.67. The van der Waals surface area contributed by atoms with E-state index in [1.165, 1.54) is 28.5 Å². The van der Waals surface area contributed by atoms with Gasteiger partial charge in [0.15, 0.2) is 0 Å². The lowest BCUT2D eigenvalue weighted by molar-refractivity contribution is 0.518. The van der Waals surface area contributed by atoms with Gasteiger partial charge in [-0.25, -0.2) is 12.7 Å². The van der Waals surface area contributed by atoms with Crippen LogP contribution < -0.4 is 5.32 Å². The Balaban J connectivity index is 2.28. The van der Waals surface area contributed by atoms with E-state index in [0.29, 0.717) is 17.5 Å². The molecule has 1 heterocycles. The molecule has 0 saturated heterocycles. The molecule has 0 radical (unpaired) electrons. The first kappa shape index (κ1) is 13.0. The van der Waals surface area contributed by atoms with Gasteiger partial charge in [-0.05, 0) is 30.7 Å². The lowest BCUT2D eigenvalue weighted by Crippen LogP contribution is -2.24. The van der Waals surface area contributed by atoms with Crippen molar-refractivity contribution in [1.29, 1.82) is 0 Å². The number of nitrogens with one attached hydrogen (secondary N) is 1. The Labute approximate surface area is 107 Å². The molecule has 1 aromatic rings. The van der Waals surface area contributed by atoms with E-state index in [9.17, 15) is 8.42 Å². The maximum atomic E-state index is 12.2. The zero-order chi connectivity index (χ0) is 12.6. The first-order chi connectivity index (χ1) is 7.93. The molecule has 1 N–H and O–H groups in total. The maximum Gasteiger partial charge on any atom is 0.243 e. The number of aryl methyl sites for hydroxylation is 1. The number of rotatable bonds is 5. The van der Waals surface area contributed by atoms with Gasteiger partial charge in [-0.2, -0.15) is 0 Å². The Morgan fingerprint density at radius 1 is 1.47 bits per heavy atom. The minimum absolute atomic E-state index is 0.487. The van der Waals surface area contributed by atoms with Crippen LogP contribution in [0.2, 0.25) is 0 Å². The summed E-state index contributed by atoms with van der Waals surface area (Å²) in [6, 6.07) is 0.590. The summed E-state index contributed by atoms with van der Waals surface area (Å²) in [7, 11) is -0.171. The smallest absolute Gasteiger partial charge is 0.243 e. The summed E-state index contributed by atoms with van der Waals surface area (Å²) < 4.78 is 25.7. The molecule has 1 aliphatic rings. The van der Waals surface area contributed by atoms with E-state index in [1.54, 1.807) is 14.1 Å². The van der Waals surface area contributed by atoms with Crippen molar-refractivity contribution in [2.45, 2.75) is 37.2 Å². The van der Waals surface area contributed by atoms with Crippen LogP contribution in [-0.4, -0.2) is 32.9 Å². The SMILES string of the molecule is Cc1csc(CNC2CC2)c1S(=O)(=O)N(C)C. The van der Waals surface area contributed by atoms with Gasteiger partial charge in [0.25, 0.3) is 0 Å². The van der Waals surface area contributed by atoms with Crippen LogP contribution in [0.5, 0.6) is 0 Å². The van der Waals surface area contributed by atoms with E-state index in [1.807, 2.05) is 12.3 Å². The molecule has 0 aromatic carbocycles. The third-order valence-electron chi connectivity index (χ3n) is 2.86. The molecule has 2 rings (SSSR count). The van der Waals surface area contributed by atoms with Crippen molar-refractivity contribution in [3.05, 3.63) is 15.8 Å². The van der Waals surface area contributed by atoms with Crippen LogP contribution in [0.15, 0.2) is 10.3 Å². The molecule has 96 valence electrons. The van der Waals surface area contributed by atoms with E-state index < -0.39 is 10.0 Å². The molecule has 1 aromatic heterocycles. The Hall–Kier alpha value is -0.430.